The number of nitrogens with zero attached hydrogens (tertiary/aromatic N) is 6. The molecular weight excluding hydrogens is 337 g/mol. The van der Waals surface area contributed by atoms with Crippen LogP contribution in [0.5, 0.6) is 5.75 Å². The number of rotatable bonds is 4. The minimum Gasteiger partial charge on any atom is -0.497 e. The predicted octanol–water partition coefficient (Wildman–Crippen LogP) is 2.42. The van der Waals surface area contributed by atoms with Crippen molar-refractivity contribution in [3.8, 4) is 5.75 Å². The number of alkyl halides is 3. The highest BCUT2D eigenvalue weighted by Crippen LogP contribution is 2.33. The largest absolute Gasteiger partial charge is 0.497 e. The highest BCUT2D eigenvalue weighted by molar-refractivity contribution is 5.90. The number of aryl methyl sites for hydroxylation is 1. The predicted molar refractivity (Wildman–Crippen MR) is 84.2 cm³/mol. The lowest BCUT2D eigenvalue weighted by molar-refractivity contribution is -0.144. The minimum atomic E-state index is -4.64. The topological polar surface area (TPSA) is 69.0 Å². The Morgan fingerprint density at radius 1 is 1.24 bits per heavy atom. The molecule has 3 aromatic rings. The van der Waals surface area contributed by atoms with E-state index in [2.05, 4.69) is 20.2 Å². The minimum absolute atomic E-state index is 0.138. The van der Waals surface area contributed by atoms with Crippen molar-refractivity contribution in [2.75, 3.05) is 19.1 Å². The van der Waals surface area contributed by atoms with Crippen molar-refractivity contribution in [3.63, 3.8) is 0 Å². The van der Waals surface area contributed by atoms with Crippen LogP contribution in [0.4, 0.5) is 19.0 Å². The average Bonchev–Trinajstić information content (AvgIpc) is 2.97. The number of anilines is 1. The molecule has 0 unspecified atom stereocenters. The Balaban J connectivity index is 2.14. The molecule has 0 fully saturated rings. The third-order valence-electron chi connectivity index (χ3n) is 3.68. The van der Waals surface area contributed by atoms with E-state index < -0.39 is 12.0 Å². The number of hydrogen-bond acceptors (Lipinski definition) is 6. The lowest BCUT2D eigenvalue weighted by Gasteiger charge is -2.20. The Morgan fingerprint density at radius 2 is 2.00 bits per heavy atom. The molecule has 3 rings (SSSR count). The number of halogens is 3. The van der Waals surface area contributed by atoms with E-state index in [1.54, 1.807) is 35.7 Å². The van der Waals surface area contributed by atoms with E-state index in [1.807, 2.05) is 0 Å². The van der Waals surface area contributed by atoms with Gasteiger partial charge >= 0.3 is 6.18 Å². The maximum Gasteiger partial charge on any atom is 0.451 e. The summed E-state index contributed by atoms with van der Waals surface area (Å²) in [5.74, 6) is 0.0408. The molecule has 0 bridgehead atoms. The van der Waals surface area contributed by atoms with Gasteiger partial charge in [0.25, 0.3) is 0 Å². The van der Waals surface area contributed by atoms with Gasteiger partial charge in [-0.2, -0.15) is 13.2 Å². The van der Waals surface area contributed by atoms with Gasteiger partial charge in [-0.15, -0.1) is 10.2 Å². The summed E-state index contributed by atoms with van der Waals surface area (Å²) < 4.78 is 46.3. The molecule has 0 amide bonds. The number of aromatic nitrogens is 5. The van der Waals surface area contributed by atoms with Gasteiger partial charge in [0.15, 0.2) is 5.82 Å². The van der Waals surface area contributed by atoms with Crippen LogP contribution in [-0.4, -0.2) is 38.9 Å². The lowest BCUT2D eigenvalue weighted by Crippen LogP contribution is -2.22. The molecule has 2 aromatic heterocycles. The summed E-state index contributed by atoms with van der Waals surface area (Å²) in [4.78, 5) is 8.93. The van der Waals surface area contributed by atoms with E-state index in [0.717, 1.165) is 0 Å². The number of benzene rings is 1. The molecule has 0 radical (unpaired) electrons. The van der Waals surface area contributed by atoms with Crippen molar-refractivity contribution in [1.82, 2.24) is 24.7 Å². The van der Waals surface area contributed by atoms with E-state index in [4.69, 9.17) is 4.74 Å². The number of methoxy groups -OCH3 is 1. The third-order valence-corrected chi connectivity index (χ3v) is 3.68. The second-order valence-electron chi connectivity index (χ2n) is 5.47. The summed E-state index contributed by atoms with van der Waals surface area (Å²) in [5, 5.41) is 8.17. The Hall–Kier alpha value is -2.91. The van der Waals surface area contributed by atoms with Gasteiger partial charge in [0.05, 0.1) is 19.2 Å². The molecule has 0 aliphatic rings. The normalized spacial score (nSPS) is 11.8. The molecule has 2 heterocycles. The second-order valence-corrected chi connectivity index (χ2v) is 5.47. The lowest BCUT2D eigenvalue weighted by atomic mass is 10.2. The number of fused-ring (bicyclic) bond motifs is 1. The molecular formula is C15H15F3N6O. The fraction of sp³-hybridized carbons (Fsp3) is 0.333. The summed E-state index contributed by atoms with van der Waals surface area (Å²) >= 11 is 0. The zero-order chi connectivity index (χ0) is 18.2. The molecule has 25 heavy (non-hydrogen) atoms. The van der Waals surface area contributed by atoms with E-state index in [0.29, 0.717) is 17.0 Å². The summed E-state index contributed by atoms with van der Waals surface area (Å²) in [7, 11) is 4.87. The van der Waals surface area contributed by atoms with Crippen molar-refractivity contribution >= 4 is 16.7 Å². The van der Waals surface area contributed by atoms with Gasteiger partial charge in [-0.3, -0.25) is 0 Å². The second kappa shape index (κ2) is 6.19. The highest BCUT2D eigenvalue weighted by Gasteiger charge is 2.36. The Kier molecular flexibility index (Phi) is 4.19. The fourth-order valence-corrected chi connectivity index (χ4v) is 2.37. The van der Waals surface area contributed by atoms with Crippen LogP contribution in [0.3, 0.4) is 0 Å². The summed E-state index contributed by atoms with van der Waals surface area (Å²) in [6.45, 7) is 0.233. The standard InChI is InChI=1S/C15H15F3N6O/c1-23(7-12-22-19-8-24(12)2)13-10-6-9(25-3)4-5-11(10)20-14(21-13)15(16,17)18/h4-6,8H,7H2,1-3H3. The van der Waals surface area contributed by atoms with Gasteiger partial charge in [-0.1, -0.05) is 0 Å². The molecule has 0 aliphatic carbocycles. The van der Waals surface area contributed by atoms with E-state index in [-0.39, 0.29) is 17.9 Å². The van der Waals surface area contributed by atoms with Gasteiger partial charge in [0.2, 0.25) is 5.82 Å². The molecule has 132 valence electrons. The number of hydrogen-bond donors (Lipinski definition) is 0. The molecule has 0 saturated carbocycles. The van der Waals surface area contributed by atoms with Crippen molar-refractivity contribution in [2.45, 2.75) is 12.7 Å². The summed E-state index contributed by atoms with van der Waals surface area (Å²) in [6, 6.07) is 4.64. The first kappa shape index (κ1) is 16.9. The molecule has 1 aromatic carbocycles. The number of ether oxygens (including phenoxy) is 1. The highest BCUT2D eigenvalue weighted by atomic mass is 19.4. The Morgan fingerprint density at radius 3 is 2.60 bits per heavy atom. The van der Waals surface area contributed by atoms with Crippen molar-refractivity contribution in [1.29, 1.82) is 0 Å². The fourth-order valence-electron chi connectivity index (χ4n) is 2.37. The molecule has 7 nitrogen and oxygen atoms in total. The van der Waals surface area contributed by atoms with Crippen molar-refractivity contribution < 1.29 is 17.9 Å². The summed E-state index contributed by atoms with van der Waals surface area (Å²) in [5.41, 5.74) is 0.183. The smallest absolute Gasteiger partial charge is 0.451 e. The molecule has 0 aliphatic heterocycles. The van der Waals surface area contributed by atoms with Gasteiger partial charge in [0.1, 0.15) is 17.9 Å². The zero-order valence-electron chi connectivity index (χ0n) is 13.7. The van der Waals surface area contributed by atoms with Crippen LogP contribution in [0.1, 0.15) is 11.6 Å². The van der Waals surface area contributed by atoms with E-state index >= 15 is 0 Å². The van der Waals surface area contributed by atoms with E-state index in [9.17, 15) is 13.2 Å². The maximum atomic E-state index is 13.2. The molecule has 0 atom stereocenters. The molecule has 10 heteroatoms. The van der Waals surface area contributed by atoms with Crippen LogP contribution >= 0.6 is 0 Å². The first-order chi connectivity index (χ1) is 11.8. The first-order valence-electron chi connectivity index (χ1n) is 7.26. The maximum absolute atomic E-state index is 13.2. The van der Waals surface area contributed by atoms with Crippen LogP contribution < -0.4 is 9.64 Å². The first-order valence-corrected chi connectivity index (χ1v) is 7.26. The van der Waals surface area contributed by atoms with Crippen LogP contribution in [0.15, 0.2) is 24.5 Å². The molecule has 0 spiro atoms. The van der Waals surface area contributed by atoms with Gasteiger partial charge in [-0.05, 0) is 18.2 Å². The molecule has 0 N–H and O–H groups in total. The van der Waals surface area contributed by atoms with Gasteiger partial charge in [-0.25, -0.2) is 9.97 Å². The van der Waals surface area contributed by atoms with Crippen LogP contribution in [0, 0.1) is 0 Å². The van der Waals surface area contributed by atoms with Gasteiger partial charge < -0.3 is 14.2 Å². The van der Waals surface area contributed by atoms with Crippen LogP contribution in [0.25, 0.3) is 10.9 Å². The molecule has 0 saturated heterocycles. The van der Waals surface area contributed by atoms with Crippen LogP contribution in [-0.2, 0) is 19.8 Å². The Bertz CT molecular complexity index is 908. The van der Waals surface area contributed by atoms with Crippen LogP contribution in [0.2, 0.25) is 0 Å². The van der Waals surface area contributed by atoms with Crippen molar-refractivity contribution in [3.05, 3.63) is 36.2 Å². The Labute approximate surface area is 141 Å². The SMILES string of the molecule is COc1ccc2nc(C(F)(F)F)nc(N(C)Cc3nncn3C)c2c1. The quantitative estimate of drug-likeness (QED) is 0.718. The van der Waals surface area contributed by atoms with Crippen molar-refractivity contribution in [2.24, 2.45) is 7.05 Å². The third kappa shape index (κ3) is 3.32. The average molecular weight is 352 g/mol. The van der Waals surface area contributed by atoms with Gasteiger partial charge in [0, 0.05) is 19.5 Å². The van der Waals surface area contributed by atoms with E-state index in [1.165, 1.54) is 19.5 Å². The zero-order valence-corrected chi connectivity index (χ0v) is 13.7. The monoisotopic (exact) mass is 352 g/mol. The summed E-state index contributed by atoms with van der Waals surface area (Å²) in [6.07, 6.45) is -3.13.